The van der Waals surface area contributed by atoms with Crippen molar-refractivity contribution in [1.29, 1.82) is 0 Å². The Morgan fingerprint density at radius 3 is 2.80 bits per heavy atom. The Kier molecular flexibility index (Phi) is 6.05. The molecule has 0 bridgehead atoms. The lowest BCUT2D eigenvalue weighted by Gasteiger charge is -2.20. The first-order valence-electron chi connectivity index (χ1n) is 6.69. The summed E-state index contributed by atoms with van der Waals surface area (Å²) in [6.45, 7) is 2.80. The van der Waals surface area contributed by atoms with Gasteiger partial charge in [0.25, 0.3) is 0 Å². The summed E-state index contributed by atoms with van der Waals surface area (Å²) in [4.78, 5) is 17.0. The van der Waals surface area contributed by atoms with Gasteiger partial charge in [0.15, 0.2) is 0 Å². The molecule has 0 spiro atoms. The van der Waals surface area contributed by atoms with Gasteiger partial charge in [0, 0.05) is 30.7 Å². The van der Waals surface area contributed by atoms with Gasteiger partial charge in [0.2, 0.25) is 5.91 Å². The molecule has 0 radical (unpaired) electrons. The van der Waals surface area contributed by atoms with E-state index in [4.69, 9.17) is 5.73 Å². The lowest BCUT2D eigenvalue weighted by atomic mass is 10.0. The fourth-order valence-electron chi connectivity index (χ4n) is 2.35. The van der Waals surface area contributed by atoms with Crippen LogP contribution in [-0.2, 0) is 11.2 Å². The Morgan fingerprint density at radius 1 is 1.40 bits per heavy atom. The summed E-state index contributed by atoms with van der Waals surface area (Å²) in [5.41, 5.74) is 8.21. The molecule has 2 aromatic rings. The summed E-state index contributed by atoms with van der Waals surface area (Å²) in [5, 5.41) is 1.14. The van der Waals surface area contributed by atoms with Crippen LogP contribution in [0.25, 0.3) is 10.9 Å². The highest BCUT2D eigenvalue weighted by Gasteiger charge is 2.19. The van der Waals surface area contributed by atoms with Crippen molar-refractivity contribution < 1.29 is 4.79 Å². The number of nitrogens with one attached hydrogen (secondary N) is 1. The molecule has 0 unspecified atom stereocenters. The number of benzene rings is 1. The Balaban J connectivity index is 0.00000200. The van der Waals surface area contributed by atoms with Crippen molar-refractivity contribution in [3.8, 4) is 0 Å². The lowest BCUT2D eigenvalue weighted by Crippen LogP contribution is -2.43. The molecule has 2 rings (SSSR count). The molecule has 0 aliphatic rings. The molecule has 4 nitrogen and oxygen atoms in total. The van der Waals surface area contributed by atoms with E-state index >= 15 is 0 Å². The van der Waals surface area contributed by atoms with E-state index in [9.17, 15) is 4.79 Å². The Bertz CT molecular complexity index is 567. The topological polar surface area (TPSA) is 62.1 Å². The maximum Gasteiger partial charge on any atom is 0.239 e. The van der Waals surface area contributed by atoms with E-state index in [1.807, 2.05) is 30.5 Å². The van der Waals surface area contributed by atoms with Crippen LogP contribution >= 0.6 is 12.4 Å². The first kappa shape index (κ1) is 16.5. The number of carbonyl (C=O) groups is 1. The van der Waals surface area contributed by atoms with Gasteiger partial charge in [0.1, 0.15) is 0 Å². The van der Waals surface area contributed by atoms with E-state index in [-0.39, 0.29) is 18.3 Å². The zero-order valence-corrected chi connectivity index (χ0v) is 12.7. The number of nitrogens with zero attached hydrogens (tertiary/aromatic N) is 1. The number of fused-ring (bicyclic) bond motifs is 1. The van der Waals surface area contributed by atoms with Crippen LogP contribution in [0.15, 0.2) is 30.5 Å². The third kappa shape index (κ3) is 3.52. The van der Waals surface area contributed by atoms with Crippen molar-refractivity contribution in [2.45, 2.75) is 25.8 Å². The van der Waals surface area contributed by atoms with E-state index in [0.29, 0.717) is 6.42 Å². The molecule has 0 saturated carbocycles. The normalized spacial score (nSPS) is 11.9. The number of hydrogen-bond donors (Lipinski definition) is 2. The highest BCUT2D eigenvalue weighted by atomic mass is 35.5. The van der Waals surface area contributed by atoms with E-state index in [1.54, 1.807) is 11.9 Å². The van der Waals surface area contributed by atoms with Crippen LogP contribution in [-0.4, -0.2) is 35.4 Å². The second kappa shape index (κ2) is 7.31. The Hall–Kier alpha value is -1.52. The SMILES string of the molecule is CCCN(C)C(=O)[C@@H](N)Cc1c[nH]c2ccccc12.Cl. The van der Waals surface area contributed by atoms with Crippen LogP contribution in [0.5, 0.6) is 0 Å². The number of aromatic nitrogens is 1. The van der Waals surface area contributed by atoms with Gasteiger partial charge in [-0.2, -0.15) is 0 Å². The van der Waals surface area contributed by atoms with Gasteiger partial charge < -0.3 is 15.6 Å². The van der Waals surface area contributed by atoms with Crippen molar-refractivity contribution in [3.63, 3.8) is 0 Å². The van der Waals surface area contributed by atoms with Crippen LogP contribution < -0.4 is 5.73 Å². The van der Waals surface area contributed by atoms with Gasteiger partial charge in [-0.15, -0.1) is 12.4 Å². The van der Waals surface area contributed by atoms with Crippen molar-refractivity contribution in [1.82, 2.24) is 9.88 Å². The first-order chi connectivity index (χ1) is 9.13. The summed E-state index contributed by atoms with van der Waals surface area (Å²) in [5.74, 6) is 0.00660. The second-order valence-corrected chi connectivity index (χ2v) is 4.93. The zero-order valence-electron chi connectivity index (χ0n) is 11.9. The number of H-pyrrole nitrogens is 1. The molecule has 0 aliphatic heterocycles. The molecule has 1 aromatic carbocycles. The van der Waals surface area contributed by atoms with Crippen LogP contribution in [0.3, 0.4) is 0 Å². The summed E-state index contributed by atoms with van der Waals surface area (Å²) >= 11 is 0. The standard InChI is InChI=1S/C15H21N3O.ClH/c1-3-8-18(2)15(19)13(16)9-11-10-17-14-7-5-4-6-12(11)14;/h4-7,10,13,17H,3,8-9,16H2,1-2H3;1H/t13-;/m0./s1. The van der Waals surface area contributed by atoms with Gasteiger partial charge in [-0.25, -0.2) is 0 Å². The van der Waals surface area contributed by atoms with Crippen LogP contribution in [0.2, 0.25) is 0 Å². The van der Waals surface area contributed by atoms with E-state index in [2.05, 4.69) is 11.9 Å². The number of amides is 1. The lowest BCUT2D eigenvalue weighted by molar-refractivity contribution is -0.131. The smallest absolute Gasteiger partial charge is 0.239 e. The minimum absolute atomic E-state index is 0. The van der Waals surface area contributed by atoms with Crippen LogP contribution in [0, 0.1) is 0 Å². The van der Waals surface area contributed by atoms with E-state index in [0.717, 1.165) is 29.4 Å². The predicted octanol–water partition coefficient (Wildman–Crippen LogP) is 2.33. The maximum atomic E-state index is 12.1. The van der Waals surface area contributed by atoms with E-state index in [1.165, 1.54) is 0 Å². The Morgan fingerprint density at radius 2 is 2.10 bits per heavy atom. The molecule has 1 atom stereocenters. The number of para-hydroxylation sites is 1. The van der Waals surface area contributed by atoms with Gasteiger partial charge in [-0.05, 0) is 24.5 Å². The average molecular weight is 296 g/mol. The number of hydrogen-bond acceptors (Lipinski definition) is 2. The molecule has 0 aliphatic carbocycles. The van der Waals surface area contributed by atoms with Crippen LogP contribution in [0.4, 0.5) is 0 Å². The number of rotatable bonds is 5. The minimum Gasteiger partial charge on any atom is -0.361 e. The van der Waals surface area contributed by atoms with Crippen molar-refractivity contribution in [2.75, 3.05) is 13.6 Å². The summed E-state index contributed by atoms with van der Waals surface area (Å²) < 4.78 is 0. The predicted molar refractivity (Wildman–Crippen MR) is 85.2 cm³/mol. The quantitative estimate of drug-likeness (QED) is 0.889. The third-order valence-electron chi connectivity index (χ3n) is 3.37. The highest BCUT2D eigenvalue weighted by Crippen LogP contribution is 2.19. The molecule has 0 fully saturated rings. The van der Waals surface area contributed by atoms with Crippen molar-refractivity contribution >= 4 is 29.2 Å². The van der Waals surface area contributed by atoms with Gasteiger partial charge in [-0.1, -0.05) is 25.1 Å². The van der Waals surface area contributed by atoms with E-state index < -0.39 is 6.04 Å². The second-order valence-electron chi connectivity index (χ2n) is 4.93. The number of halogens is 1. The van der Waals surface area contributed by atoms with Gasteiger partial charge in [0.05, 0.1) is 6.04 Å². The number of aromatic amines is 1. The molecule has 0 saturated heterocycles. The molecule has 3 N–H and O–H groups in total. The molecule has 20 heavy (non-hydrogen) atoms. The largest absolute Gasteiger partial charge is 0.361 e. The van der Waals surface area contributed by atoms with Crippen LogP contribution in [0.1, 0.15) is 18.9 Å². The third-order valence-corrected chi connectivity index (χ3v) is 3.37. The fraction of sp³-hybridized carbons (Fsp3) is 0.400. The summed E-state index contributed by atoms with van der Waals surface area (Å²) in [6, 6.07) is 7.58. The Labute approximate surface area is 125 Å². The van der Waals surface area contributed by atoms with Crippen molar-refractivity contribution in [2.24, 2.45) is 5.73 Å². The maximum absolute atomic E-state index is 12.1. The molecular weight excluding hydrogens is 274 g/mol. The molecule has 1 amide bonds. The molecule has 1 heterocycles. The molecule has 1 aromatic heterocycles. The number of carbonyl (C=O) groups excluding carboxylic acids is 1. The average Bonchev–Trinajstić information content (AvgIpc) is 2.81. The summed E-state index contributed by atoms with van der Waals surface area (Å²) in [6.07, 6.45) is 3.45. The number of likely N-dealkylation sites (N-methyl/N-ethyl adjacent to an activating group) is 1. The fourth-order valence-corrected chi connectivity index (χ4v) is 2.35. The van der Waals surface area contributed by atoms with Gasteiger partial charge in [-0.3, -0.25) is 4.79 Å². The minimum atomic E-state index is -0.476. The van der Waals surface area contributed by atoms with Crippen molar-refractivity contribution in [3.05, 3.63) is 36.0 Å². The monoisotopic (exact) mass is 295 g/mol. The van der Waals surface area contributed by atoms with Gasteiger partial charge >= 0.3 is 0 Å². The number of nitrogens with two attached hydrogens (primary N) is 1. The molecule has 110 valence electrons. The first-order valence-corrected chi connectivity index (χ1v) is 6.69. The zero-order chi connectivity index (χ0) is 13.8. The molecule has 5 heteroatoms. The molecular formula is C15H22ClN3O. The summed E-state index contributed by atoms with van der Waals surface area (Å²) in [7, 11) is 1.81. The highest BCUT2D eigenvalue weighted by molar-refractivity contribution is 5.86.